The summed E-state index contributed by atoms with van der Waals surface area (Å²) >= 11 is 1.62. The van der Waals surface area contributed by atoms with E-state index in [0.717, 1.165) is 4.90 Å². The van der Waals surface area contributed by atoms with Crippen LogP contribution in [0.3, 0.4) is 0 Å². The Balaban J connectivity index is 2.05. The molecule has 20 heavy (non-hydrogen) atoms. The Hall–Kier alpha value is -1.83. The quantitative estimate of drug-likeness (QED) is 0.724. The van der Waals surface area contributed by atoms with Crippen LogP contribution in [0.15, 0.2) is 39.8 Å². The summed E-state index contributed by atoms with van der Waals surface area (Å²) in [7, 11) is 0. The van der Waals surface area contributed by atoms with Gasteiger partial charge in [0.25, 0.3) is 5.91 Å². The number of aromatic nitrogens is 1. The molecule has 106 valence electrons. The number of carbonyl (C=O) groups is 1. The minimum Gasteiger partial charge on any atom is -0.446 e. The van der Waals surface area contributed by atoms with E-state index in [4.69, 9.17) is 15.3 Å². The number of oxazole rings is 1. The van der Waals surface area contributed by atoms with E-state index >= 15 is 0 Å². The predicted octanol–water partition coefficient (Wildman–Crippen LogP) is 1.64. The number of nitrogens with zero attached hydrogens (tertiary/aromatic N) is 1. The topological polar surface area (TPSA) is 101 Å². The molecule has 0 fully saturated rings. The van der Waals surface area contributed by atoms with E-state index in [0.29, 0.717) is 5.69 Å². The third-order valence-corrected chi connectivity index (χ3v) is 3.36. The van der Waals surface area contributed by atoms with Crippen LogP contribution in [0, 0.1) is 0 Å². The molecule has 1 aromatic carbocycles. The van der Waals surface area contributed by atoms with Gasteiger partial charge in [0.05, 0.1) is 6.61 Å². The van der Waals surface area contributed by atoms with Crippen LogP contribution in [0.25, 0.3) is 0 Å². The van der Waals surface area contributed by atoms with Crippen LogP contribution in [0.1, 0.15) is 22.4 Å². The van der Waals surface area contributed by atoms with Crippen molar-refractivity contribution in [2.75, 3.05) is 18.2 Å². The van der Waals surface area contributed by atoms with Crippen LogP contribution in [-0.2, 0) is 0 Å². The van der Waals surface area contributed by atoms with Gasteiger partial charge < -0.3 is 20.6 Å². The average molecular weight is 293 g/mol. The second-order valence-electron chi connectivity index (χ2n) is 4.04. The zero-order chi connectivity index (χ0) is 14.5. The van der Waals surface area contributed by atoms with Crippen molar-refractivity contribution in [3.63, 3.8) is 0 Å². The van der Waals surface area contributed by atoms with Gasteiger partial charge in [-0.2, -0.15) is 0 Å². The van der Waals surface area contributed by atoms with Gasteiger partial charge in [0.15, 0.2) is 5.69 Å². The van der Waals surface area contributed by atoms with Crippen molar-refractivity contribution in [1.82, 2.24) is 4.98 Å². The number of aliphatic hydroxyl groups excluding tert-OH is 1. The van der Waals surface area contributed by atoms with E-state index in [2.05, 4.69) is 10.3 Å². The minimum atomic E-state index is -0.725. The van der Waals surface area contributed by atoms with Crippen molar-refractivity contribution in [2.24, 2.45) is 5.73 Å². The molecular weight excluding hydrogens is 278 g/mol. The van der Waals surface area contributed by atoms with Gasteiger partial charge in [-0.15, -0.1) is 11.8 Å². The summed E-state index contributed by atoms with van der Waals surface area (Å²) in [4.78, 5) is 17.0. The summed E-state index contributed by atoms with van der Waals surface area (Å²) in [5.74, 6) is -0.252. The van der Waals surface area contributed by atoms with Crippen LogP contribution in [0.5, 0.6) is 0 Å². The van der Waals surface area contributed by atoms with E-state index in [1.165, 1.54) is 6.26 Å². The molecule has 0 spiro atoms. The van der Waals surface area contributed by atoms with Crippen molar-refractivity contribution in [3.05, 3.63) is 42.1 Å². The molecule has 1 amide bonds. The molecule has 1 unspecified atom stereocenters. The van der Waals surface area contributed by atoms with Crippen molar-refractivity contribution >= 4 is 23.4 Å². The molecule has 6 nitrogen and oxygen atoms in total. The Kier molecular flexibility index (Phi) is 4.78. The van der Waals surface area contributed by atoms with Gasteiger partial charge in [0, 0.05) is 10.6 Å². The first-order valence-electron chi connectivity index (χ1n) is 5.91. The summed E-state index contributed by atoms with van der Waals surface area (Å²) < 4.78 is 5.05. The lowest BCUT2D eigenvalue weighted by Gasteiger charge is -2.03. The van der Waals surface area contributed by atoms with Crippen molar-refractivity contribution in [2.45, 2.75) is 10.9 Å². The monoisotopic (exact) mass is 293 g/mol. The highest BCUT2D eigenvalue weighted by Crippen LogP contribution is 2.18. The molecule has 0 bridgehead atoms. The summed E-state index contributed by atoms with van der Waals surface area (Å²) in [6.45, 7) is -0.294. The summed E-state index contributed by atoms with van der Waals surface area (Å²) in [6.07, 6.45) is 3.20. The van der Waals surface area contributed by atoms with Gasteiger partial charge in [0.1, 0.15) is 12.3 Å². The van der Waals surface area contributed by atoms with E-state index in [1.807, 2.05) is 30.5 Å². The molecule has 0 saturated carbocycles. The molecule has 1 aromatic heterocycles. The van der Waals surface area contributed by atoms with Gasteiger partial charge in [-0.25, -0.2) is 4.98 Å². The third kappa shape index (κ3) is 3.38. The Morgan fingerprint density at radius 2 is 2.20 bits per heavy atom. The Labute approximate surface area is 120 Å². The van der Waals surface area contributed by atoms with E-state index in [1.54, 1.807) is 11.8 Å². The Morgan fingerprint density at radius 1 is 1.50 bits per heavy atom. The van der Waals surface area contributed by atoms with Crippen molar-refractivity contribution < 1.29 is 14.3 Å². The normalized spacial score (nSPS) is 12.2. The number of rotatable bonds is 5. The minimum absolute atomic E-state index is 0.123. The summed E-state index contributed by atoms with van der Waals surface area (Å²) in [5, 5.41) is 11.6. The predicted molar refractivity (Wildman–Crippen MR) is 76.7 cm³/mol. The molecule has 1 atom stereocenters. The number of amides is 1. The molecule has 0 saturated heterocycles. The molecule has 2 rings (SSSR count). The van der Waals surface area contributed by atoms with Crippen molar-refractivity contribution in [3.8, 4) is 0 Å². The number of aliphatic hydroxyl groups is 1. The first-order valence-corrected chi connectivity index (χ1v) is 7.13. The first kappa shape index (κ1) is 14.6. The van der Waals surface area contributed by atoms with Crippen LogP contribution in [0.2, 0.25) is 0 Å². The fourth-order valence-electron chi connectivity index (χ4n) is 1.51. The number of anilines is 1. The lowest BCUT2D eigenvalue weighted by Crippen LogP contribution is -2.16. The fraction of sp³-hybridized carbons (Fsp3) is 0.231. The van der Waals surface area contributed by atoms with Crippen molar-refractivity contribution in [1.29, 1.82) is 0 Å². The third-order valence-electron chi connectivity index (χ3n) is 2.62. The van der Waals surface area contributed by atoms with Gasteiger partial charge in [-0.1, -0.05) is 0 Å². The van der Waals surface area contributed by atoms with Gasteiger partial charge in [0.2, 0.25) is 5.89 Å². The molecule has 0 aliphatic heterocycles. The lowest BCUT2D eigenvalue weighted by molar-refractivity contribution is 0.102. The Bertz CT molecular complexity index is 583. The smallest absolute Gasteiger partial charge is 0.277 e. The number of thioether (sulfide) groups is 1. The van der Waals surface area contributed by atoms with E-state index in [-0.39, 0.29) is 24.1 Å². The molecule has 7 heteroatoms. The second kappa shape index (κ2) is 6.56. The molecule has 0 aliphatic carbocycles. The molecule has 4 N–H and O–H groups in total. The largest absolute Gasteiger partial charge is 0.446 e. The fourth-order valence-corrected chi connectivity index (χ4v) is 1.92. The zero-order valence-corrected chi connectivity index (χ0v) is 11.7. The van der Waals surface area contributed by atoms with E-state index < -0.39 is 6.04 Å². The highest BCUT2D eigenvalue weighted by molar-refractivity contribution is 7.98. The maximum absolute atomic E-state index is 12.0. The maximum Gasteiger partial charge on any atom is 0.277 e. The molecular formula is C13H15N3O3S. The summed E-state index contributed by atoms with van der Waals surface area (Å²) in [6, 6.07) is 6.72. The highest BCUT2D eigenvalue weighted by atomic mass is 32.2. The Morgan fingerprint density at radius 3 is 2.80 bits per heavy atom. The number of benzene rings is 1. The standard InChI is InChI=1S/C13H15N3O3S/c1-20-9-4-2-8(3-5-9)15-12(18)11-7-19-13(16-11)10(14)6-17/h2-5,7,10,17H,6,14H2,1H3,(H,15,18). The number of hydrogen-bond acceptors (Lipinski definition) is 6. The van der Waals surface area contributed by atoms with Gasteiger partial charge >= 0.3 is 0 Å². The maximum atomic E-state index is 12.0. The second-order valence-corrected chi connectivity index (χ2v) is 4.92. The molecule has 0 aliphatic rings. The number of nitrogens with one attached hydrogen (secondary N) is 1. The van der Waals surface area contributed by atoms with Crippen LogP contribution >= 0.6 is 11.8 Å². The zero-order valence-electron chi connectivity index (χ0n) is 10.9. The number of carbonyl (C=O) groups excluding carboxylic acids is 1. The molecule has 0 radical (unpaired) electrons. The average Bonchev–Trinajstić information content (AvgIpc) is 2.97. The summed E-state index contributed by atoms with van der Waals surface area (Å²) in [5.41, 5.74) is 6.35. The van der Waals surface area contributed by atoms with Crippen LogP contribution in [-0.4, -0.2) is 28.9 Å². The SMILES string of the molecule is CSc1ccc(NC(=O)c2coc(C(N)CO)n2)cc1. The number of nitrogens with two attached hydrogens (primary N) is 1. The van der Waals surface area contributed by atoms with E-state index in [9.17, 15) is 4.79 Å². The first-order chi connectivity index (χ1) is 9.63. The van der Waals surface area contributed by atoms with Gasteiger partial charge in [-0.3, -0.25) is 4.79 Å². The number of hydrogen-bond donors (Lipinski definition) is 3. The highest BCUT2D eigenvalue weighted by Gasteiger charge is 2.16. The lowest BCUT2D eigenvalue weighted by atomic mass is 10.3. The van der Waals surface area contributed by atoms with Crippen LogP contribution < -0.4 is 11.1 Å². The molecule has 1 heterocycles. The van der Waals surface area contributed by atoms with Crippen LogP contribution in [0.4, 0.5) is 5.69 Å². The molecule has 2 aromatic rings. The van der Waals surface area contributed by atoms with Gasteiger partial charge in [-0.05, 0) is 30.5 Å².